The number of carbonyl (C=O) groups excluding carboxylic acids is 1. The number of alkyl halides is 3. The summed E-state index contributed by atoms with van der Waals surface area (Å²) in [5, 5.41) is 10.6. The number of benzene rings is 1. The van der Waals surface area contributed by atoms with E-state index in [1.54, 1.807) is 6.07 Å². The molecule has 4 nitrogen and oxygen atoms in total. The lowest BCUT2D eigenvalue weighted by atomic mass is 10.3. The first-order valence-electron chi connectivity index (χ1n) is 4.87. The third kappa shape index (κ3) is 5.21. The van der Waals surface area contributed by atoms with Crippen LogP contribution in [0.1, 0.15) is 6.42 Å². The third-order valence-corrected chi connectivity index (χ3v) is 1.76. The molecular formula is C11H9F3N2O2. The van der Waals surface area contributed by atoms with Crippen LogP contribution in [-0.4, -0.2) is 18.7 Å². The van der Waals surface area contributed by atoms with Gasteiger partial charge in [0.1, 0.15) is 12.2 Å². The summed E-state index contributed by atoms with van der Waals surface area (Å²) in [5.41, 5.74) is 0.273. The van der Waals surface area contributed by atoms with E-state index in [1.165, 1.54) is 24.3 Å². The third-order valence-electron chi connectivity index (χ3n) is 1.76. The van der Waals surface area contributed by atoms with Gasteiger partial charge in [-0.05, 0) is 12.1 Å². The van der Waals surface area contributed by atoms with Gasteiger partial charge in [-0.25, -0.2) is 0 Å². The summed E-state index contributed by atoms with van der Waals surface area (Å²) in [7, 11) is 0. The smallest absolute Gasteiger partial charge is 0.422 e. The van der Waals surface area contributed by atoms with E-state index in [1.807, 2.05) is 0 Å². The molecule has 0 radical (unpaired) electrons. The van der Waals surface area contributed by atoms with Crippen LogP contribution in [0.15, 0.2) is 24.3 Å². The van der Waals surface area contributed by atoms with Crippen molar-refractivity contribution < 1.29 is 22.7 Å². The second-order valence-electron chi connectivity index (χ2n) is 3.31. The number of nitriles is 1. The molecule has 1 N–H and O–H groups in total. The van der Waals surface area contributed by atoms with Crippen molar-refractivity contribution in [1.82, 2.24) is 0 Å². The summed E-state index contributed by atoms with van der Waals surface area (Å²) in [4.78, 5) is 11.1. The number of rotatable bonds is 4. The Bertz CT molecular complexity index is 466. The summed E-state index contributed by atoms with van der Waals surface area (Å²) in [6, 6.07) is 7.17. The molecule has 18 heavy (non-hydrogen) atoms. The summed E-state index contributed by atoms with van der Waals surface area (Å²) >= 11 is 0. The van der Waals surface area contributed by atoms with Gasteiger partial charge in [0.2, 0.25) is 5.91 Å². The molecule has 0 aliphatic carbocycles. The molecule has 0 heterocycles. The number of halogens is 3. The topological polar surface area (TPSA) is 62.1 Å². The zero-order valence-corrected chi connectivity index (χ0v) is 9.12. The van der Waals surface area contributed by atoms with Crippen LogP contribution in [0, 0.1) is 11.3 Å². The second-order valence-corrected chi connectivity index (χ2v) is 3.31. The molecule has 1 rings (SSSR count). The van der Waals surface area contributed by atoms with E-state index in [0.29, 0.717) is 0 Å². The molecule has 0 saturated heterocycles. The van der Waals surface area contributed by atoms with E-state index in [9.17, 15) is 18.0 Å². The molecule has 0 aromatic heterocycles. The zero-order chi connectivity index (χ0) is 13.6. The van der Waals surface area contributed by atoms with E-state index >= 15 is 0 Å². The minimum atomic E-state index is -4.42. The number of carbonyl (C=O) groups is 1. The standard InChI is InChI=1S/C11H9F3N2O2/c12-11(13,14)7-18-9-3-1-2-8(6-9)16-10(17)4-5-15/h1-3,6H,4,7H2,(H,16,17). The van der Waals surface area contributed by atoms with Gasteiger partial charge in [-0.1, -0.05) is 6.07 Å². The lowest BCUT2D eigenvalue weighted by Gasteiger charge is -2.10. The maximum atomic E-state index is 11.9. The van der Waals surface area contributed by atoms with E-state index in [0.717, 1.165) is 0 Å². The minimum Gasteiger partial charge on any atom is -0.484 e. The number of anilines is 1. The maximum Gasteiger partial charge on any atom is 0.422 e. The fourth-order valence-corrected chi connectivity index (χ4v) is 1.11. The SMILES string of the molecule is N#CCC(=O)Nc1cccc(OCC(F)(F)F)c1. The predicted octanol–water partition coefficient (Wildman–Crippen LogP) is 2.48. The molecule has 0 aliphatic rings. The fourth-order valence-electron chi connectivity index (χ4n) is 1.11. The number of amides is 1. The lowest BCUT2D eigenvalue weighted by molar-refractivity contribution is -0.153. The van der Waals surface area contributed by atoms with Crippen LogP contribution in [0.4, 0.5) is 18.9 Å². The number of nitrogens with one attached hydrogen (secondary N) is 1. The fraction of sp³-hybridized carbons (Fsp3) is 0.273. The number of hydrogen-bond acceptors (Lipinski definition) is 3. The van der Waals surface area contributed by atoms with Crippen molar-refractivity contribution in [2.75, 3.05) is 11.9 Å². The van der Waals surface area contributed by atoms with E-state index in [4.69, 9.17) is 5.26 Å². The quantitative estimate of drug-likeness (QED) is 0.902. The highest BCUT2D eigenvalue weighted by Crippen LogP contribution is 2.21. The van der Waals surface area contributed by atoms with E-state index in [-0.39, 0.29) is 17.9 Å². The predicted molar refractivity (Wildman–Crippen MR) is 56.9 cm³/mol. The molecule has 0 spiro atoms. The summed E-state index contributed by atoms with van der Waals surface area (Å²) < 4.78 is 40.3. The molecule has 1 amide bonds. The van der Waals surface area contributed by atoms with Gasteiger partial charge in [0.05, 0.1) is 6.07 Å². The Hall–Kier alpha value is -2.23. The van der Waals surface area contributed by atoms with Gasteiger partial charge in [-0.2, -0.15) is 18.4 Å². The maximum absolute atomic E-state index is 11.9. The lowest BCUT2D eigenvalue weighted by Crippen LogP contribution is -2.19. The van der Waals surface area contributed by atoms with Gasteiger partial charge in [-0.15, -0.1) is 0 Å². The molecule has 0 aliphatic heterocycles. The Morgan fingerprint density at radius 2 is 2.17 bits per heavy atom. The molecule has 0 unspecified atom stereocenters. The van der Waals surface area contributed by atoms with Gasteiger partial charge in [-0.3, -0.25) is 4.79 Å². The van der Waals surface area contributed by atoms with Crippen molar-refractivity contribution in [3.63, 3.8) is 0 Å². The Balaban J connectivity index is 2.63. The molecule has 96 valence electrons. The highest BCUT2D eigenvalue weighted by molar-refractivity contribution is 5.92. The van der Waals surface area contributed by atoms with Crippen molar-refractivity contribution >= 4 is 11.6 Å². The van der Waals surface area contributed by atoms with Gasteiger partial charge < -0.3 is 10.1 Å². The van der Waals surface area contributed by atoms with Crippen LogP contribution < -0.4 is 10.1 Å². The zero-order valence-electron chi connectivity index (χ0n) is 9.12. The largest absolute Gasteiger partial charge is 0.484 e. The molecule has 0 saturated carbocycles. The van der Waals surface area contributed by atoms with Gasteiger partial charge in [0.25, 0.3) is 0 Å². The second kappa shape index (κ2) is 5.91. The van der Waals surface area contributed by atoms with Crippen molar-refractivity contribution in [3.05, 3.63) is 24.3 Å². The van der Waals surface area contributed by atoms with Gasteiger partial charge in [0.15, 0.2) is 6.61 Å². The summed E-state index contributed by atoms with van der Waals surface area (Å²) in [5.74, 6) is -0.549. The Labute approximate surface area is 101 Å². The molecule has 0 fully saturated rings. The normalized spacial score (nSPS) is 10.6. The average molecular weight is 258 g/mol. The first-order valence-corrected chi connectivity index (χ1v) is 4.87. The average Bonchev–Trinajstić information content (AvgIpc) is 2.26. The first-order chi connectivity index (χ1) is 8.40. The first kappa shape index (κ1) is 13.8. The van der Waals surface area contributed by atoms with Crippen LogP contribution >= 0.6 is 0 Å². The van der Waals surface area contributed by atoms with Gasteiger partial charge >= 0.3 is 6.18 Å². The summed E-state index contributed by atoms with van der Waals surface area (Å²) in [6.07, 6.45) is -4.74. The van der Waals surface area contributed by atoms with Crippen LogP contribution in [0.25, 0.3) is 0 Å². The number of nitrogens with zero attached hydrogens (tertiary/aromatic N) is 1. The Morgan fingerprint density at radius 1 is 1.44 bits per heavy atom. The van der Waals surface area contributed by atoms with Crippen LogP contribution in [0.5, 0.6) is 5.75 Å². The van der Waals surface area contributed by atoms with E-state index in [2.05, 4.69) is 10.1 Å². The van der Waals surface area contributed by atoms with E-state index < -0.39 is 18.7 Å². The van der Waals surface area contributed by atoms with Crippen LogP contribution in [0.2, 0.25) is 0 Å². The summed E-state index contributed by atoms with van der Waals surface area (Å²) in [6.45, 7) is -1.40. The van der Waals surface area contributed by atoms with Crippen molar-refractivity contribution in [3.8, 4) is 11.8 Å². The molecular weight excluding hydrogens is 249 g/mol. The Morgan fingerprint density at radius 3 is 2.78 bits per heavy atom. The monoisotopic (exact) mass is 258 g/mol. The molecule has 1 aromatic rings. The van der Waals surface area contributed by atoms with Crippen molar-refractivity contribution in [1.29, 1.82) is 5.26 Å². The molecule has 7 heteroatoms. The number of ether oxygens (including phenoxy) is 1. The molecule has 0 atom stereocenters. The highest BCUT2D eigenvalue weighted by Gasteiger charge is 2.28. The van der Waals surface area contributed by atoms with Crippen LogP contribution in [-0.2, 0) is 4.79 Å². The highest BCUT2D eigenvalue weighted by atomic mass is 19.4. The molecule has 0 bridgehead atoms. The van der Waals surface area contributed by atoms with Gasteiger partial charge in [0, 0.05) is 11.8 Å². The Kier molecular flexibility index (Phi) is 4.54. The number of hydrogen-bond donors (Lipinski definition) is 1. The van der Waals surface area contributed by atoms with Crippen molar-refractivity contribution in [2.45, 2.75) is 12.6 Å². The molecule has 1 aromatic carbocycles. The minimum absolute atomic E-state index is 0.0120. The van der Waals surface area contributed by atoms with Crippen molar-refractivity contribution in [2.24, 2.45) is 0 Å². The van der Waals surface area contributed by atoms with Crippen LogP contribution in [0.3, 0.4) is 0 Å².